The smallest absolute Gasteiger partial charge is 0.171 e. The lowest BCUT2D eigenvalue weighted by atomic mass is 9.84. The molecule has 3 unspecified atom stereocenters. The summed E-state index contributed by atoms with van der Waals surface area (Å²) in [4.78, 5) is 10.6. The summed E-state index contributed by atoms with van der Waals surface area (Å²) >= 11 is 0. The molecule has 2 rings (SSSR count). The molecule has 1 N–H and O–H groups in total. The lowest BCUT2D eigenvalue weighted by Gasteiger charge is -2.32. The number of carbonyl (C=O) groups is 1. The van der Waals surface area contributed by atoms with Crippen molar-refractivity contribution in [3.05, 3.63) is 12.2 Å². The van der Waals surface area contributed by atoms with Crippen molar-refractivity contribution in [3.8, 4) is 0 Å². The molecule has 1 aliphatic carbocycles. The van der Waals surface area contributed by atoms with Crippen LogP contribution in [-0.2, 0) is 19.0 Å². The van der Waals surface area contributed by atoms with Crippen molar-refractivity contribution in [1.82, 2.24) is 0 Å². The first-order chi connectivity index (χ1) is 13.3. The van der Waals surface area contributed by atoms with Gasteiger partial charge in [-0.1, -0.05) is 46.3 Å². The number of ether oxygens (including phenoxy) is 3. The third-order valence-electron chi connectivity index (χ3n) is 6.04. The predicted molar refractivity (Wildman–Crippen MR) is 110 cm³/mol. The van der Waals surface area contributed by atoms with Crippen molar-refractivity contribution in [2.45, 2.75) is 78.1 Å². The van der Waals surface area contributed by atoms with Crippen LogP contribution in [0.5, 0.6) is 0 Å². The fourth-order valence-corrected chi connectivity index (χ4v) is 4.32. The van der Waals surface area contributed by atoms with Crippen LogP contribution in [0.3, 0.4) is 0 Å². The molecule has 2 fully saturated rings. The first-order valence-corrected chi connectivity index (χ1v) is 11.0. The Hall–Kier alpha value is -0.750. The highest BCUT2D eigenvalue weighted by Crippen LogP contribution is 2.48. The number of allylic oxidation sites excluding steroid dienone is 1. The van der Waals surface area contributed by atoms with Crippen LogP contribution >= 0.6 is 0 Å². The maximum Gasteiger partial charge on any atom is 0.171 e. The number of unbranched alkanes of at least 4 members (excludes halogenated alkanes) is 2. The number of hydrogen-bond acceptors (Lipinski definition) is 5. The maximum atomic E-state index is 10.7. The first kappa shape index (κ1) is 23.5. The second-order valence-corrected chi connectivity index (χ2v) is 9.50. The Labute approximate surface area is 170 Å². The molecule has 1 heterocycles. The maximum absolute atomic E-state index is 10.7. The Kier molecular flexibility index (Phi) is 9.13. The van der Waals surface area contributed by atoms with Crippen LogP contribution in [0.15, 0.2) is 12.2 Å². The third-order valence-corrected chi connectivity index (χ3v) is 6.04. The largest absolute Gasteiger partial charge is 0.388 e. The van der Waals surface area contributed by atoms with Gasteiger partial charge in [0.25, 0.3) is 0 Å². The van der Waals surface area contributed by atoms with E-state index in [4.69, 9.17) is 14.2 Å². The van der Waals surface area contributed by atoms with E-state index in [1.54, 1.807) is 0 Å². The van der Waals surface area contributed by atoms with Gasteiger partial charge in [0.05, 0.1) is 25.9 Å². The number of aliphatic hydroxyl groups is 1. The van der Waals surface area contributed by atoms with Crippen LogP contribution in [0, 0.1) is 23.2 Å². The highest BCUT2D eigenvalue weighted by Gasteiger charge is 2.51. The van der Waals surface area contributed by atoms with E-state index >= 15 is 0 Å². The molecule has 5 nitrogen and oxygen atoms in total. The van der Waals surface area contributed by atoms with Gasteiger partial charge in [-0.05, 0) is 31.1 Å². The summed E-state index contributed by atoms with van der Waals surface area (Å²) in [5, 5.41) is 10.7. The number of aldehydes is 1. The van der Waals surface area contributed by atoms with Crippen molar-refractivity contribution < 1.29 is 24.1 Å². The Bertz CT molecular complexity index is 493. The monoisotopic (exact) mass is 396 g/mol. The molecule has 0 aromatic heterocycles. The van der Waals surface area contributed by atoms with Crippen molar-refractivity contribution >= 4 is 6.29 Å². The van der Waals surface area contributed by atoms with Gasteiger partial charge in [-0.3, -0.25) is 0 Å². The molecule has 1 spiro atoms. The Morgan fingerprint density at radius 3 is 2.61 bits per heavy atom. The molecule has 1 saturated carbocycles. The highest BCUT2D eigenvalue weighted by atomic mass is 16.7. The fraction of sp³-hybridized carbons (Fsp3) is 0.870. The van der Waals surface area contributed by atoms with Crippen molar-refractivity contribution in [2.24, 2.45) is 23.2 Å². The predicted octanol–water partition coefficient (Wildman–Crippen LogP) is 4.13. The number of aliphatic hydroxyl groups excluding tert-OH is 1. The Balaban J connectivity index is 1.95. The van der Waals surface area contributed by atoms with E-state index in [-0.39, 0.29) is 11.3 Å². The van der Waals surface area contributed by atoms with E-state index < -0.39 is 11.9 Å². The third kappa shape index (κ3) is 6.38. The number of rotatable bonds is 12. The second kappa shape index (κ2) is 10.9. The van der Waals surface area contributed by atoms with Crippen LogP contribution in [0.4, 0.5) is 0 Å². The van der Waals surface area contributed by atoms with Crippen molar-refractivity contribution in [3.63, 3.8) is 0 Å². The minimum Gasteiger partial charge on any atom is -0.388 e. The van der Waals surface area contributed by atoms with Crippen LogP contribution in [-0.4, -0.2) is 49.7 Å². The van der Waals surface area contributed by atoms with Gasteiger partial charge >= 0.3 is 0 Å². The molecule has 28 heavy (non-hydrogen) atoms. The summed E-state index contributed by atoms with van der Waals surface area (Å²) < 4.78 is 17.8. The molecule has 0 amide bonds. The lowest BCUT2D eigenvalue weighted by molar-refractivity contribution is -0.186. The van der Waals surface area contributed by atoms with E-state index in [0.717, 1.165) is 38.4 Å². The second-order valence-electron chi connectivity index (χ2n) is 9.50. The zero-order valence-corrected chi connectivity index (χ0v) is 18.2. The molecule has 1 aliphatic heterocycles. The van der Waals surface area contributed by atoms with Gasteiger partial charge in [0.1, 0.15) is 6.29 Å². The van der Waals surface area contributed by atoms with E-state index in [1.807, 2.05) is 19.9 Å². The van der Waals surface area contributed by atoms with E-state index in [1.165, 1.54) is 0 Å². The average Bonchev–Trinajstić information content (AvgIpc) is 3.24. The summed E-state index contributed by atoms with van der Waals surface area (Å²) in [5.41, 5.74) is -0.332. The molecular formula is C23H40O5. The Morgan fingerprint density at radius 2 is 1.96 bits per heavy atom. The summed E-state index contributed by atoms with van der Waals surface area (Å²) in [6, 6.07) is 0. The van der Waals surface area contributed by atoms with E-state index in [9.17, 15) is 9.90 Å². The van der Waals surface area contributed by atoms with Crippen LogP contribution in [0.1, 0.15) is 66.2 Å². The highest BCUT2D eigenvalue weighted by molar-refractivity contribution is 5.48. The van der Waals surface area contributed by atoms with Crippen LogP contribution < -0.4 is 0 Å². The van der Waals surface area contributed by atoms with E-state index in [0.29, 0.717) is 44.7 Å². The van der Waals surface area contributed by atoms with Crippen molar-refractivity contribution in [2.75, 3.05) is 26.4 Å². The molecule has 0 aromatic rings. The number of hydrogen-bond donors (Lipinski definition) is 1. The van der Waals surface area contributed by atoms with Gasteiger partial charge in [-0.15, -0.1) is 0 Å². The standard InChI is InChI=1S/C23H40O5/c1-18(2)16-26-17-22(3,4)21(25)10-9-19-11-12-23(27-14-15-28-23)20(19)8-6-5-7-13-24/h9-10,13,18-21,25H,5-8,11-12,14-17H2,1-4H3/b10-9+. The molecule has 1 saturated heterocycles. The molecule has 162 valence electrons. The molecule has 0 radical (unpaired) electrons. The summed E-state index contributed by atoms with van der Waals surface area (Å²) in [6.45, 7) is 10.9. The Morgan fingerprint density at radius 1 is 1.25 bits per heavy atom. The molecule has 5 heteroatoms. The van der Waals surface area contributed by atoms with Gasteiger partial charge in [0.15, 0.2) is 5.79 Å². The topological polar surface area (TPSA) is 65.0 Å². The van der Waals surface area contributed by atoms with Gasteiger partial charge in [-0.25, -0.2) is 0 Å². The molecule has 0 bridgehead atoms. The van der Waals surface area contributed by atoms with Crippen LogP contribution in [0.25, 0.3) is 0 Å². The quantitative estimate of drug-likeness (QED) is 0.305. The molecule has 2 aliphatic rings. The van der Waals surface area contributed by atoms with Gasteiger partial charge in [0, 0.05) is 30.8 Å². The zero-order valence-electron chi connectivity index (χ0n) is 18.2. The summed E-state index contributed by atoms with van der Waals surface area (Å²) in [6.07, 6.45) is 9.96. The molecular weight excluding hydrogens is 356 g/mol. The van der Waals surface area contributed by atoms with Gasteiger partial charge in [-0.2, -0.15) is 0 Å². The minimum atomic E-state index is -0.558. The summed E-state index contributed by atoms with van der Waals surface area (Å²) in [7, 11) is 0. The fourth-order valence-electron chi connectivity index (χ4n) is 4.32. The SMILES string of the molecule is CC(C)COCC(C)(C)C(O)/C=C/C1CCC2(OCCO2)C1CCCCC=O. The lowest BCUT2D eigenvalue weighted by Crippen LogP contribution is -2.36. The van der Waals surface area contributed by atoms with E-state index in [2.05, 4.69) is 19.9 Å². The van der Waals surface area contributed by atoms with Crippen LogP contribution in [0.2, 0.25) is 0 Å². The minimum absolute atomic E-state index is 0.283. The summed E-state index contributed by atoms with van der Waals surface area (Å²) in [5.74, 6) is 0.642. The normalized spacial score (nSPS) is 25.9. The average molecular weight is 397 g/mol. The van der Waals surface area contributed by atoms with Crippen molar-refractivity contribution in [1.29, 1.82) is 0 Å². The zero-order chi connectivity index (χ0) is 20.6. The van der Waals surface area contributed by atoms with Gasteiger partial charge in [0.2, 0.25) is 0 Å². The molecule has 3 atom stereocenters. The number of carbonyl (C=O) groups excluding carboxylic acids is 1. The first-order valence-electron chi connectivity index (χ1n) is 11.0. The molecule has 0 aromatic carbocycles. The van der Waals surface area contributed by atoms with Gasteiger partial charge < -0.3 is 24.1 Å².